The minimum Gasteiger partial charge on any atom is -0.619 e. The fourth-order valence-corrected chi connectivity index (χ4v) is 2.63. The molecule has 0 aliphatic rings. The second-order valence-corrected chi connectivity index (χ2v) is 5.84. The third-order valence-corrected chi connectivity index (χ3v) is 4.18. The Labute approximate surface area is 132 Å². The van der Waals surface area contributed by atoms with Crippen LogP contribution in [0.2, 0.25) is 0 Å². The number of nitrogens with zero attached hydrogens (tertiary/aromatic N) is 1. The van der Waals surface area contributed by atoms with Gasteiger partial charge in [-0.2, -0.15) is 17.9 Å². The van der Waals surface area contributed by atoms with E-state index in [1.807, 2.05) is 6.92 Å². The Hall–Kier alpha value is -0.990. The first-order valence-corrected chi connectivity index (χ1v) is 7.84. The Morgan fingerprint density at radius 1 is 1.18 bits per heavy atom. The molecule has 0 radical (unpaired) electrons. The third kappa shape index (κ3) is 7.33. The molecule has 0 amide bonds. The highest BCUT2D eigenvalue weighted by atomic mass is 32.2. The van der Waals surface area contributed by atoms with Crippen LogP contribution in [0.15, 0.2) is 17.2 Å². The summed E-state index contributed by atoms with van der Waals surface area (Å²) in [7, 11) is 0. The van der Waals surface area contributed by atoms with Crippen LogP contribution in [0, 0.1) is 19.1 Å². The van der Waals surface area contributed by atoms with Crippen molar-refractivity contribution in [2.75, 3.05) is 32.2 Å². The van der Waals surface area contributed by atoms with Gasteiger partial charge in [0.2, 0.25) is 0 Å². The molecule has 0 fully saturated rings. The van der Waals surface area contributed by atoms with Gasteiger partial charge < -0.3 is 14.7 Å². The van der Waals surface area contributed by atoms with E-state index in [4.69, 9.17) is 4.74 Å². The lowest BCUT2D eigenvalue weighted by atomic mass is 10.2. The maximum Gasteiger partial charge on any atom is 0.411 e. The number of hydrogen-bond donors (Lipinski definition) is 0. The number of ether oxygens (including phenoxy) is 2. The molecule has 22 heavy (non-hydrogen) atoms. The van der Waals surface area contributed by atoms with Gasteiger partial charge in [0.15, 0.2) is 11.9 Å². The minimum atomic E-state index is -4.29. The van der Waals surface area contributed by atoms with E-state index in [2.05, 4.69) is 4.74 Å². The monoisotopic (exact) mass is 339 g/mol. The first kappa shape index (κ1) is 19.1. The van der Waals surface area contributed by atoms with Crippen LogP contribution in [0.25, 0.3) is 0 Å². The molecule has 4 nitrogen and oxygen atoms in total. The Morgan fingerprint density at radius 2 is 1.86 bits per heavy atom. The average Bonchev–Trinajstić information content (AvgIpc) is 2.44. The Bertz CT molecular complexity index is 469. The zero-order valence-electron chi connectivity index (χ0n) is 12.6. The van der Waals surface area contributed by atoms with Crippen LogP contribution >= 0.6 is 11.8 Å². The van der Waals surface area contributed by atoms with Crippen molar-refractivity contribution in [3.05, 3.63) is 28.7 Å². The molecular weight excluding hydrogens is 319 g/mol. The SMILES string of the molecule is Cc1c(SCCCOCCOCC(F)(F)F)cc[n+]([O-])c1C. The van der Waals surface area contributed by atoms with Crippen LogP contribution < -0.4 is 4.73 Å². The van der Waals surface area contributed by atoms with Crippen molar-refractivity contribution in [2.24, 2.45) is 0 Å². The standard InChI is InChI=1S/C14H20F3NO3S/c1-11-12(2)18(19)5-4-13(11)22-9-3-6-20-7-8-21-10-14(15,16)17/h4-5H,3,6-10H2,1-2H3. The quantitative estimate of drug-likeness (QED) is 0.300. The Kier molecular flexibility index (Phi) is 7.98. The van der Waals surface area contributed by atoms with Gasteiger partial charge in [-0.15, -0.1) is 11.8 Å². The van der Waals surface area contributed by atoms with E-state index < -0.39 is 12.8 Å². The molecule has 1 aromatic rings. The Balaban J connectivity index is 2.08. The zero-order valence-corrected chi connectivity index (χ0v) is 13.4. The molecule has 0 bridgehead atoms. The number of aromatic nitrogens is 1. The highest BCUT2D eigenvalue weighted by Crippen LogP contribution is 2.23. The number of rotatable bonds is 9. The molecule has 8 heteroatoms. The van der Waals surface area contributed by atoms with Crippen molar-refractivity contribution in [1.29, 1.82) is 0 Å². The van der Waals surface area contributed by atoms with Gasteiger partial charge in [0.1, 0.15) is 6.61 Å². The molecule has 1 aromatic heterocycles. The first-order valence-electron chi connectivity index (χ1n) is 6.85. The Morgan fingerprint density at radius 3 is 2.55 bits per heavy atom. The lowest BCUT2D eigenvalue weighted by Gasteiger charge is -2.09. The van der Waals surface area contributed by atoms with Crippen molar-refractivity contribution < 1.29 is 27.4 Å². The maximum absolute atomic E-state index is 11.8. The summed E-state index contributed by atoms with van der Waals surface area (Å²) in [5.74, 6) is 0.812. The number of halogens is 3. The lowest BCUT2D eigenvalue weighted by Crippen LogP contribution is -2.30. The van der Waals surface area contributed by atoms with Crippen molar-refractivity contribution in [3.63, 3.8) is 0 Å². The normalized spacial score (nSPS) is 11.9. The van der Waals surface area contributed by atoms with Crippen LogP contribution in [-0.4, -0.2) is 38.4 Å². The first-order chi connectivity index (χ1) is 10.3. The van der Waals surface area contributed by atoms with Gasteiger partial charge in [0, 0.05) is 35.8 Å². The molecule has 0 atom stereocenters. The van der Waals surface area contributed by atoms with Crippen LogP contribution in [0.5, 0.6) is 0 Å². The number of thioether (sulfide) groups is 1. The van der Waals surface area contributed by atoms with Crippen LogP contribution in [0.4, 0.5) is 13.2 Å². The molecule has 1 rings (SSSR count). The largest absolute Gasteiger partial charge is 0.619 e. The summed E-state index contributed by atoms with van der Waals surface area (Å²) in [5.41, 5.74) is 1.65. The summed E-state index contributed by atoms with van der Waals surface area (Å²) < 4.78 is 45.8. The summed E-state index contributed by atoms with van der Waals surface area (Å²) >= 11 is 1.63. The van der Waals surface area contributed by atoms with Crippen molar-refractivity contribution in [1.82, 2.24) is 0 Å². The average molecular weight is 339 g/mol. The summed E-state index contributed by atoms with van der Waals surface area (Å²) in [4.78, 5) is 1.05. The molecule has 0 aliphatic heterocycles. The maximum atomic E-state index is 11.8. The van der Waals surface area contributed by atoms with Gasteiger partial charge in [-0.3, -0.25) is 0 Å². The van der Waals surface area contributed by atoms with Gasteiger partial charge in [0.05, 0.1) is 13.2 Å². The summed E-state index contributed by atoms with van der Waals surface area (Å²) in [6.07, 6.45) is -2.03. The third-order valence-electron chi connectivity index (χ3n) is 2.93. The van der Waals surface area contributed by atoms with Gasteiger partial charge in [-0.05, 0) is 13.3 Å². The molecule has 126 valence electrons. The van der Waals surface area contributed by atoms with E-state index in [0.717, 1.165) is 27.4 Å². The van der Waals surface area contributed by atoms with Crippen LogP contribution in [-0.2, 0) is 9.47 Å². The predicted molar refractivity (Wildman–Crippen MR) is 77.9 cm³/mol. The highest BCUT2D eigenvalue weighted by Gasteiger charge is 2.27. The molecule has 0 saturated carbocycles. The van der Waals surface area contributed by atoms with E-state index in [1.54, 1.807) is 24.8 Å². The van der Waals surface area contributed by atoms with E-state index >= 15 is 0 Å². The van der Waals surface area contributed by atoms with Gasteiger partial charge in [-0.1, -0.05) is 0 Å². The van der Waals surface area contributed by atoms with Crippen molar-refractivity contribution in [3.8, 4) is 0 Å². The summed E-state index contributed by atoms with van der Waals surface area (Å²) in [6, 6.07) is 1.78. The molecule has 0 aliphatic carbocycles. The molecule has 1 heterocycles. The fraction of sp³-hybridized carbons (Fsp3) is 0.643. The van der Waals surface area contributed by atoms with Gasteiger partial charge in [0.25, 0.3) is 0 Å². The fourth-order valence-electron chi connectivity index (χ4n) is 1.62. The number of hydrogen-bond acceptors (Lipinski definition) is 4. The second-order valence-electron chi connectivity index (χ2n) is 4.70. The number of alkyl halides is 3. The minimum absolute atomic E-state index is 0.0624. The van der Waals surface area contributed by atoms with Gasteiger partial charge in [-0.25, -0.2) is 0 Å². The molecule has 0 spiro atoms. The van der Waals surface area contributed by atoms with Crippen molar-refractivity contribution in [2.45, 2.75) is 31.3 Å². The summed E-state index contributed by atoms with van der Waals surface area (Å²) in [6.45, 7) is 3.00. The molecule has 0 saturated heterocycles. The predicted octanol–water partition coefficient (Wildman–Crippen LogP) is 3.01. The van der Waals surface area contributed by atoms with E-state index in [1.165, 1.54) is 6.20 Å². The molecule has 0 aromatic carbocycles. The highest BCUT2D eigenvalue weighted by molar-refractivity contribution is 7.99. The zero-order chi connectivity index (χ0) is 16.6. The van der Waals surface area contributed by atoms with E-state index in [9.17, 15) is 18.4 Å². The van der Waals surface area contributed by atoms with E-state index in [-0.39, 0.29) is 13.2 Å². The van der Waals surface area contributed by atoms with E-state index in [0.29, 0.717) is 12.3 Å². The second kappa shape index (κ2) is 9.22. The topological polar surface area (TPSA) is 45.4 Å². The van der Waals surface area contributed by atoms with Gasteiger partial charge >= 0.3 is 6.18 Å². The molecule has 0 unspecified atom stereocenters. The summed E-state index contributed by atoms with van der Waals surface area (Å²) in [5, 5.41) is 11.4. The van der Waals surface area contributed by atoms with Crippen LogP contribution in [0.3, 0.4) is 0 Å². The van der Waals surface area contributed by atoms with Crippen molar-refractivity contribution >= 4 is 11.8 Å². The smallest absolute Gasteiger partial charge is 0.411 e. The number of pyridine rings is 1. The molecular formula is C14H20F3NO3S. The molecule has 0 N–H and O–H groups in total. The lowest BCUT2D eigenvalue weighted by molar-refractivity contribution is -0.613. The van der Waals surface area contributed by atoms with Crippen LogP contribution in [0.1, 0.15) is 17.7 Å².